The Morgan fingerprint density at radius 1 is 1.41 bits per heavy atom. The molecular formula is C12H24N2O2S. The second-order valence-electron chi connectivity index (χ2n) is 5.36. The molecule has 1 N–H and O–H groups in total. The van der Waals surface area contributed by atoms with Gasteiger partial charge in [0.2, 0.25) is 5.91 Å². The number of hydrogen-bond acceptors (Lipinski definition) is 3. The van der Waals surface area contributed by atoms with Crippen molar-refractivity contribution in [3.8, 4) is 0 Å². The molecule has 0 saturated carbocycles. The van der Waals surface area contributed by atoms with E-state index in [9.17, 15) is 9.00 Å². The standard InChI is InChI=1S/C12H24N2O2S/c1-8(2)6-11-12(15)14(10(4)13-11)9(3)7-17(5)16/h8-11,13H,6-7H2,1-5H3. The highest BCUT2D eigenvalue weighted by Crippen LogP contribution is 2.19. The minimum atomic E-state index is -0.865. The lowest BCUT2D eigenvalue weighted by Gasteiger charge is -2.27. The molecule has 1 aliphatic heterocycles. The third-order valence-corrected chi connectivity index (χ3v) is 4.02. The molecule has 1 saturated heterocycles. The van der Waals surface area contributed by atoms with Crippen molar-refractivity contribution in [2.75, 3.05) is 12.0 Å². The van der Waals surface area contributed by atoms with E-state index in [1.54, 1.807) is 6.26 Å². The lowest BCUT2D eigenvalue weighted by molar-refractivity contribution is -0.131. The summed E-state index contributed by atoms with van der Waals surface area (Å²) in [5, 5.41) is 3.32. The molecule has 0 spiro atoms. The number of carbonyl (C=O) groups is 1. The molecule has 1 fully saturated rings. The van der Waals surface area contributed by atoms with Gasteiger partial charge in [0.25, 0.3) is 0 Å². The molecule has 1 rings (SSSR count). The van der Waals surface area contributed by atoms with E-state index in [-0.39, 0.29) is 24.2 Å². The molecule has 0 aromatic rings. The zero-order valence-corrected chi connectivity index (χ0v) is 12.2. The fourth-order valence-electron chi connectivity index (χ4n) is 2.47. The van der Waals surface area contributed by atoms with Crippen LogP contribution in [0.3, 0.4) is 0 Å². The molecule has 17 heavy (non-hydrogen) atoms. The van der Waals surface area contributed by atoms with Gasteiger partial charge in [-0.2, -0.15) is 0 Å². The van der Waals surface area contributed by atoms with Gasteiger partial charge in [0, 0.05) is 28.9 Å². The van der Waals surface area contributed by atoms with Crippen LogP contribution in [0.2, 0.25) is 0 Å². The minimum Gasteiger partial charge on any atom is -0.322 e. The van der Waals surface area contributed by atoms with E-state index < -0.39 is 10.8 Å². The monoisotopic (exact) mass is 260 g/mol. The Labute approximate surface area is 107 Å². The molecular weight excluding hydrogens is 236 g/mol. The Kier molecular flexibility index (Phi) is 5.13. The van der Waals surface area contributed by atoms with Crippen molar-refractivity contribution in [1.82, 2.24) is 10.2 Å². The molecule has 100 valence electrons. The summed E-state index contributed by atoms with van der Waals surface area (Å²) in [6.45, 7) is 8.20. The predicted molar refractivity (Wildman–Crippen MR) is 71.1 cm³/mol. The first-order valence-corrected chi connectivity index (χ1v) is 7.94. The highest BCUT2D eigenvalue weighted by atomic mass is 32.2. The van der Waals surface area contributed by atoms with Crippen LogP contribution in [-0.2, 0) is 15.6 Å². The maximum absolute atomic E-state index is 12.2. The zero-order valence-electron chi connectivity index (χ0n) is 11.4. The van der Waals surface area contributed by atoms with Gasteiger partial charge >= 0.3 is 0 Å². The number of hydrogen-bond donors (Lipinski definition) is 1. The molecule has 1 aliphatic rings. The van der Waals surface area contributed by atoms with E-state index in [1.165, 1.54) is 0 Å². The van der Waals surface area contributed by atoms with E-state index in [0.29, 0.717) is 11.7 Å². The first kappa shape index (κ1) is 14.6. The number of nitrogens with one attached hydrogen (secondary N) is 1. The van der Waals surface area contributed by atoms with Crippen LogP contribution in [0.15, 0.2) is 0 Å². The molecule has 1 heterocycles. The smallest absolute Gasteiger partial charge is 0.241 e. The Hall–Kier alpha value is -0.420. The summed E-state index contributed by atoms with van der Waals surface area (Å²) in [6, 6.07) is -0.0364. The molecule has 4 unspecified atom stereocenters. The first-order valence-electron chi connectivity index (χ1n) is 6.21. The summed E-state index contributed by atoms with van der Waals surface area (Å²) in [5.41, 5.74) is 0. The SMILES string of the molecule is CC(C)CC1NC(C)N(C(C)CS(C)=O)C1=O. The van der Waals surface area contributed by atoms with Crippen LogP contribution < -0.4 is 5.32 Å². The van der Waals surface area contributed by atoms with Gasteiger partial charge in [-0.1, -0.05) is 13.8 Å². The van der Waals surface area contributed by atoms with Gasteiger partial charge < -0.3 is 4.90 Å². The van der Waals surface area contributed by atoms with Crippen LogP contribution in [0.25, 0.3) is 0 Å². The molecule has 5 heteroatoms. The summed E-state index contributed by atoms with van der Waals surface area (Å²) in [7, 11) is -0.865. The number of amides is 1. The van der Waals surface area contributed by atoms with Gasteiger partial charge in [-0.25, -0.2) is 0 Å². The van der Waals surface area contributed by atoms with E-state index >= 15 is 0 Å². The lowest BCUT2D eigenvalue weighted by Crippen LogP contribution is -2.44. The van der Waals surface area contributed by atoms with Crippen molar-refractivity contribution in [2.45, 2.75) is 52.4 Å². The molecule has 0 radical (unpaired) electrons. The van der Waals surface area contributed by atoms with Gasteiger partial charge in [-0.3, -0.25) is 14.3 Å². The van der Waals surface area contributed by atoms with Crippen LogP contribution in [0.1, 0.15) is 34.1 Å². The second kappa shape index (κ2) is 5.96. The van der Waals surface area contributed by atoms with E-state index in [4.69, 9.17) is 0 Å². The number of nitrogens with zero attached hydrogens (tertiary/aromatic N) is 1. The molecule has 4 nitrogen and oxygen atoms in total. The highest BCUT2D eigenvalue weighted by Gasteiger charge is 2.39. The normalized spacial score (nSPS) is 28.8. The van der Waals surface area contributed by atoms with Gasteiger partial charge in [0.15, 0.2) is 0 Å². The van der Waals surface area contributed by atoms with E-state index in [2.05, 4.69) is 19.2 Å². The lowest BCUT2D eigenvalue weighted by atomic mass is 10.0. The van der Waals surface area contributed by atoms with Crippen molar-refractivity contribution < 1.29 is 9.00 Å². The molecule has 0 bridgehead atoms. The fourth-order valence-corrected chi connectivity index (χ4v) is 3.31. The highest BCUT2D eigenvalue weighted by molar-refractivity contribution is 7.84. The molecule has 4 atom stereocenters. The summed E-state index contributed by atoms with van der Waals surface area (Å²) in [5.74, 6) is 1.20. The fraction of sp³-hybridized carbons (Fsp3) is 0.917. The van der Waals surface area contributed by atoms with Gasteiger partial charge in [-0.05, 0) is 26.2 Å². The molecule has 0 aromatic carbocycles. The average Bonchev–Trinajstić information content (AvgIpc) is 2.39. The Morgan fingerprint density at radius 3 is 2.47 bits per heavy atom. The van der Waals surface area contributed by atoms with E-state index in [1.807, 2.05) is 18.7 Å². The van der Waals surface area contributed by atoms with E-state index in [0.717, 1.165) is 6.42 Å². The van der Waals surface area contributed by atoms with Crippen molar-refractivity contribution in [2.24, 2.45) is 5.92 Å². The van der Waals surface area contributed by atoms with Crippen molar-refractivity contribution >= 4 is 16.7 Å². The van der Waals surface area contributed by atoms with Crippen LogP contribution in [0.4, 0.5) is 0 Å². The average molecular weight is 260 g/mol. The van der Waals surface area contributed by atoms with Gasteiger partial charge in [0.1, 0.15) is 0 Å². The summed E-state index contributed by atoms with van der Waals surface area (Å²) >= 11 is 0. The summed E-state index contributed by atoms with van der Waals surface area (Å²) in [4.78, 5) is 14.1. The first-order chi connectivity index (χ1) is 7.82. The Bertz CT molecular complexity index is 307. The topological polar surface area (TPSA) is 49.4 Å². The molecule has 1 amide bonds. The molecule has 0 aromatic heterocycles. The van der Waals surface area contributed by atoms with Gasteiger partial charge in [0.05, 0.1) is 12.2 Å². The zero-order chi connectivity index (χ0) is 13.2. The Morgan fingerprint density at radius 2 is 2.00 bits per heavy atom. The second-order valence-corrected chi connectivity index (χ2v) is 6.84. The van der Waals surface area contributed by atoms with Crippen molar-refractivity contribution in [3.05, 3.63) is 0 Å². The quantitative estimate of drug-likeness (QED) is 0.800. The van der Waals surface area contributed by atoms with Crippen LogP contribution >= 0.6 is 0 Å². The summed E-state index contributed by atoms with van der Waals surface area (Å²) in [6.07, 6.45) is 2.59. The summed E-state index contributed by atoms with van der Waals surface area (Å²) < 4.78 is 11.2. The third kappa shape index (κ3) is 3.78. The molecule has 0 aliphatic carbocycles. The third-order valence-electron chi connectivity index (χ3n) is 3.07. The van der Waals surface area contributed by atoms with Crippen molar-refractivity contribution in [1.29, 1.82) is 0 Å². The maximum atomic E-state index is 12.2. The largest absolute Gasteiger partial charge is 0.322 e. The van der Waals surface area contributed by atoms with Crippen LogP contribution in [-0.4, -0.2) is 45.3 Å². The van der Waals surface area contributed by atoms with Gasteiger partial charge in [-0.15, -0.1) is 0 Å². The van der Waals surface area contributed by atoms with Crippen molar-refractivity contribution in [3.63, 3.8) is 0 Å². The van der Waals surface area contributed by atoms with Crippen LogP contribution in [0.5, 0.6) is 0 Å². The number of rotatable bonds is 5. The Balaban J connectivity index is 2.67. The minimum absolute atomic E-state index is 0.0352. The van der Waals surface area contributed by atoms with Crippen LogP contribution in [0, 0.1) is 5.92 Å². The predicted octanol–water partition coefficient (Wildman–Crippen LogP) is 0.946. The number of carbonyl (C=O) groups excluding carboxylic acids is 1. The maximum Gasteiger partial charge on any atom is 0.241 e.